The van der Waals surface area contributed by atoms with E-state index in [0.717, 1.165) is 10.4 Å². The molecule has 0 bridgehead atoms. The van der Waals surface area contributed by atoms with Crippen LogP contribution in [0, 0.1) is 0 Å². The van der Waals surface area contributed by atoms with Crippen LogP contribution in [0.1, 0.15) is 26.4 Å². The minimum Gasteiger partial charge on any atom is -0.347 e. The third-order valence-electron chi connectivity index (χ3n) is 3.37. The fourth-order valence-electron chi connectivity index (χ4n) is 2.35. The number of aromatic nitrogens is 1. The first kappa shape index (κ1) is 12.9. The third kappa shape index (κ3) is 2.20. The van der Waals surface area contributed by atoms with Crippen molar-refractivity contribution >= 4 is 23.3 Å². The van der Waals surface area contributed by atoms with Gasteiger partial charge in [0.05, 0.1) is 12.1 Å². The van der Waals surface area contributed by atoms with Gasteiger partial charge in [0.1, 0.15) is 0 Å². The molecule has 0 saturated heterocycles. The number of carbonyl (C=O) groups is 1. The Kier molecular flexibility index (Phi) is 3.28. The van der Waals surface area contributed by atoms with Crippen LogP contribution in [0.5, 0.6) is 0 Å². The van der Waals surface area contributed by atoms with E-state index in [0.29, 0.717) is 24.1 Å². The lowest BCUT2D eigenvalue weighted by Gasteiger charge is -2.10. The van der Waals surface area contributed by atoms with Gasteiger partial charge >= 0.3 is 0 Å². The summed E-state index contributed by atoms with van der Waals surface area (Å²) in [5.41, 5.74) is 2.00. The van der Waals surface area contributed by atoms with Crippen LogP contribution in [-0.4, -0.2) is 10.5 Å². The van der Waals surface area contributed by atoms with E-state index in [-0.39, 0.29) is 11.5 Å². The minimum atomic E-state index is -0.142. The zero-order valence-corrected chi connectivity index (χ0v) is 11.9. The van der Waals surface area contributed by atoms with E-state index >= 15 is 0 Å². The van der Waals surface area contributed by atoms with Crippen molar-refractivity contribution in [2.75, 3.05) is 0 Å². The maximum Gasteiger partial charge on any atom is 0.254 e. The topological polar surface area (TPSA) is 51.1 Å². The SMILES string of the molecule is Cn1cc(C(=O)NCc2cccs2)c2c(c1=O)CC=C2. The number of thiophene rings is 1. The second kappa shape index (κ2) is 5.09. The van der Waals surface area contributed by atoms with Gasteiger partial charge in [-0.2, -0.15) is 0 Å². The van der Waals surface area contributed by atoms with Crippen LogP contribution in [0.25, 0.3) is 6.08 Å². The van der Waals surface area contributed by atoms with Crippen molar-refractivity contribution in [3.63, 3.8) is 0 Å². The van der Waals surface area contributed by atoms with Gasteiger partial charge in [0.15, 0.2) is 0 Å². The van der Waals surface area contributed by atoms with Crippen molar-refractivity contribution in [3.05, 3.63) is 61.7 Å². The molecular weight excluding hydrogens is 272 g/mol. The number of amides is 1. The molecule has 1 aliphatic rings. The molecule has 1 aliphatic carbocycles. The zero-order valence-electron chi connectivity index (χ0n) is 11.1. The highest BCUT2D eigenvalue weighted by Gasteiger charge is 2.19. The number of allylic oxidation sites excluding steroid dienone is 1. The Bertz CT molecular complexity index is 742. The van der Waals surface area contributed by atoms with Crippen molar-refractivity contribution in [1.82, 2.24) is 9.88 Å². The van der Waals surface area contributed by atoms with Crippen LogP contribution < -0.4 is 10.9 Å². The summed E-state index contributed by atoms with van der Waals surface area (Å²) in [6.45, 7) is 0.512. The molecule has 2 aromatic heterocycles. The van der Waals surface area contributed by atoms with Gasteiger partial charge in [-0.05, 0) is 23.4 Å². The van der Waals surface area contributed by atoms with Gasteiger partial charge < -0.3 is 9.88 Å². The molecule has 102 valence electrons. The predicted molar refractivity (Wildman–Crippen MR) is 79.9 cm³/mol. The van der Waals surface area contributed by atoms with Gasteiger partial charge in [-0.15, -0.1) is 11.3 Å². The fourth-order valence-corrected chi connectivity index (χ4v) is 3.00. The van der Waals surface area contributed by atoms with Gasteiger partial charge in [0.2, 0.25) is 0 Å². The van der Waals surface area contributed by atoms with Gasteiger partial charge in [-0.3, -0.25) is 9.59 Å². The third-order valence-corrected chi connectivity index (χ3v) is 4.25. The van der Waals surface area contributed by atoms with Gasteiger partial charge in [-0.1, -0.05) is 18.2 Å². The predicted octanol–water partition coefficient (Wildman–Crippen LogP) is 1.95. The van der Waals surface area contributed by atoms with E-state index in [2.05, 4.69) is 5.32 Å². The number of fused-ring (bicyclic) bond motifs is 1. The maximum absolute atomic E-state index is 12.3. The molecule has 2 aromatic rings. The van der Waals surface area contributed by atoms with Crippen molar-refractivity contribution in [2.24, 2.45) is 7.05 Å². The summed E-state index contributed by atoms with van der Waals surface area (Å²) < 4.78 is 1.48. The van der Waals surface area contributed by atoms with Crippen LogP contribution in [0.4, 0.5) is 0 Å². The van der Waals surface area contributed by atoms with Crippen LogP contribution >= 0.6 is 11.3 Å². The summed E-state index contributed by atoms with van der Waals surface area (Å²) >= 11 is 1.61. The van der Waals surface area contributed by atoms with Crippen molar-refractivity contribution in [2.45, 2.75) is 13.0 Å². The molecule has 0 fully saturated rings. The number of carbonyl (C=O) groups excluding carboxylic acids is 1. The monoisotopic (exact) mass is 286 g/mol. The van der Waals surface area contributed by atoms with Crippen molar-refractivity contribution in [1.29, 1.82) is 0 Å². The molecule has 3 rings (SSSR count). The summed E-state index contributed by atoms with van der Waals surface area (Å²) in [5.74, 6) is -0.142. The molecule has 4 nitrogen and oxygen atoms in total. The molecule has 0 aromatic carbocycles. The second-order valence-electron chi connectivity index (χ2n) is 4.72. The summed E-state index contributed by atoms with van der Waals surface area (Å²) in [6.07, 6.45) is 5.99. The van der Waals surface area contributed by atoms with E-state index in [1.165, 1.54) is 4.57 Å². The Hall–Kier alpha value is -2.14. The quantitative estimate of drug-likeness (QED) is 0.937. The Labute approximate surface area is 120 Å². The molecular formula is C15H14N2O2S. The number of nitrogens with zero attached hydrogens (tertiary/aromatic N) is 1. The van der Waals surface area contributed by atoms with Gasteiger partial charge in [0.25, 0.3) is 11.5 Å². The molecule has 20 heavy (non-hydrogen) atoms. The number of aryl methyl sites for hydroxylation is 1. The highest BCUT2D eigenvalue weighted by Crippen LogP contribution is 2.20. The van der Waals surface area contributed by atoms with Crippen LogP contribution in [-0.2, 0) is 20.0 Å². The molecule has 0 unspecified atom stereocenters. The lowest BCUT2D eigenvalue weighted by atomic mass is 10.1. The van der Waals surface area contributed by atoms with Crippen LogP contribution in [0.15, 0.2) is 34.6 Å². The van der Waals surface area contributed by atoms with Gasteiger partial charge in [0, 0.05) is 23.7 Å². The first-order valence-electron chi connectivity index (χ1n) is 6.36. The second-order valence-corrected chi connectivity index (χ2v) is 5.75. The average Bonchev–Trinajstić information content (AvgIpc) is 3.10. The van der Waals surface area contributed by atoms with Crippen molar-refractivity contribution < 1.29 is 4.79 Å². The number of hydrogen-bond acceptors (Lipinski definition) is 3. The minimum absolute atomic E-state index is 0.0280. The summed E-state index contributed by atoms with van der Waals surface area (Å²) in [6, 6.07) is 3.94. The average molecular weight is 286 g/mol. The van der Waals surface area contributed by atoms with Crippen LogP contribution in [0.3, 0.4) is 0 Å². The van der Waals surface area contributed by atoms with E-state index in [1.54, 1.807) is 24.6 Å². The van der Waals surface area contributed by atoms with E-state index in [9.17, 15) is 9.59 Å². The smallest absolute Gasteiger partial charge is 0.254 e. The fraction of sp³-hybridized carbons (Fsp3) is 0.200. The van der Waals surface area contributed by atoms with E-state index in [4.69, 9.17) is 0 Å². The highest BCUT2D eigenvalue weighted by atomic mass is 32.1. The van der Waals surface area contributed by atoms with E-state index < -0.39 is 0 Å². The van der Waals surface area contributed by atoms with E-state index in [1.807, 2.05) is 29.7 Å². The molecule has 0 saturated carbocycles. The van der Waals surface area contributed by atoms with Crippen LogP contribution in [0.2, 0.25) is 0 Å². The highest BCUT2D eigenvalue weighted by molar-refractivity contribution is 7.09. The molecule has 5 heteroatoms. The standard InChI is InChI=1S/C15H14N2O2S/c1-17-9-13(11-5-2-6-12(11)15(17)19)14(18)16-8-10-4-3-7-20-10/h2-5,7,9H,6,8H2,1H3,(H,16,18). The molecule has 1 N–H and O–H groups in total. The Morgan fingerprint density at radius 2 is 2.35 bits per heavy atom. The lowest BCUT2D eigenvalue weighted by Crippen LogP contribution is -2.28. The Morgan fingerprint density at radius 3 is 3.10 bits per heavy atom. The molecule has 0 spiro atoms. The summed E-state index contributed by atoms with van der Waals surface area (Å²) in [4.78, 5) is 25.4. The van der Waals surface area contributed by atoms with Gasteiger partial charge in [-0.25, -0.2) is 0 Å². The molecule has 1 amide bonds. The zero-order chi connectivity index (χ0) is 14.1. The normalized spacial score (nSPS) is 12.4. The summed E-state index contributed by atoms with van der Waals surface area (Å²) in [7, 11) is 1.68. The Morgan fingerprint density at radius 1 is 1.50 bits per heavy atom. The number of pyridine rings is 1. The molecule has 0 radical (unpaired) electrons. The maximum atomic E-state index is 12.3. The molecule has 0 aliphatic heterocycles. The molecule has 0 atom stereocenters. The number of nitrogens with one attached hydrogen (secondary N) is 1. The first-order chi connectivity index (χ1) is 9.66. The molecule has 2 heterocycles. The number of rotatable bonds is 3. The number of hydrogen-bond donors (Lipinski definition) is 1. The summed E-state index contributed by atoms with van der Waals surface area (Å²) in [5, 5.41) is 4.88. The first-order valence-corrected chi connectivity index (χ1v) is 7.24. The largest absolute Gasteiger partial charge is 0.347 e. The van der Waals surface area contributed by atoms with Crippen molar-refractivity contribution in [3.8, 4) is 0 Å². The lowest BCUT2D eigenvalue weighted by molar-refractivity contribution is 0.0950. The Balaban J connectivity index is 1.88.